The maximum Gasteiger partial charge on any atom is 0.267 e. The number of amides is 1. The monoisotopic (exact) mass is 353 g/mol. The summed E-state index contributed by atoms with van der Waals surface area (Å²) in [5.41, 5.74) is 1.23. The minimum Gasteiger partial charge on any atom is -0.386 e. The molecule has 2 N–H and O–H groups in total. The predicted molar refractivity (Wildman–Crippen MR) is 88.7 cm³/mol. The van der Waals surface area contributed by atoms with Crippen LogP contribution in [0, 0.1) is 18.3 Å². The van der Waals surface area contributed by atoms with E-state index in [1.807, 2.05) is 6.92 Å². The van der Waals surface area contributed by atoms with E-state index in [1.165, 1.54) is 6.20 Å². The van der Waals surface area contributed by atoms with Crippen LogP contribution in [0.1, 0.15) is 12.0 Å². The number of hydrogen-bond acceptors (Lipinski definition) is 5. The van der Waals surface area contributed by atoms with Gasteiger partial charge < -0.3 is 10.6 Å². The van der Waals surface area contributed by atoms with Crippen molar-refractivity contribution in [3.8, 4) is 6.07 Å². The third-order valence-corrected chi connectivity index (χ3v) is 5.67. The number of carbonyl (C=O) groups excluding carboxylic acids is 1. The standard InChI is InChI=1S/C15H16ClN3O3S/c1-10-2-3-12(6-14(10)16)19-15(20)11(7-17)8-18-13-4-5-23(21,22)9-13/h2-3,6,8,13,18H,4-5,9H2,1H3,(H,19,20)/b11-8-. The van der Waals surface area contributed by atoms with E-state index in [-0.39, 0.29) is 23.1 Å². The summed E-state index contributed by atoms with van der Waals surface area (Å²) >= 11 is 5.98. The van der Waals surface area contributed by atoms with E-state index in [4.69, 9.17) is 16.9 Å². The summed E-state index contributed by atoms with van der Waals surface area (Å²) in [4.78, 5) is 12.1. The summed E-state index contributed by atoms with van der Waals surface area (Å²) in [6, 6.07) is 6.57. The molecule has 0 radical (unpaired) electrons. The fourth-order valence-corrected chi connectivity index (χ4v) is 4.01. The zero-order valence-electron chi connectivity index (χ0n) is 12.5. The maximum absolute atomic E-state index is 12.1. The van der Waals surface area contributed by atoms with Crippen LogP contribution in [0.5, 0.6) is 0 Å². The molecule has 0 bridgehead atoms. The quantitative estimate of drug-likeness (QED) is 0.635. The van der Waals surface area contributed by atoms with Gasteiger partial charge in [0.1, 0.15) is 11.6 Å². The van der Waals surface area contributed by atoms with Crippen molar-refractivity contribution in [3.63, 3.8) is 0 Å². The number of nitriles is 1. The van der Waals surface area contributed by atoms with E-state index in [1.54, 1.807) is 24.3 Å². The van der Waals surface area contributed by atoms with Gasteiger partial charge in [0.25, 0.3) is 5.91 Å². The van der Waals surface area contributed by atoms with Gasteiger partial charge in [-0.3, -0.25) is 4.79 Å². The third kappa shape index (κ3) is 4.71. The van der Waals surface area contributed by atoms with Gasteiger partial charge in [-0.1, -0.05) is 17.7 Å². The number of rotatable bonds is 4. The highest BCUT2D eigenvalue weighted by molar-refractivity contribution is 7.91. The molecule has 1 amide bonds. The first-order chi connectivity index (χ1) is 10.8. The minimum atomic E-state index is -3.02. The Balaban J connectivity index is 2.02. The number of nitrogens with one attached hydrogen (secondary N) is 2. The molecule has 0 aromatic heterocycles. The van der Waals surface area contributed by atoms with Gasteiger partial charge in [-0.05, 0) is 31.0 Å². The van der Waals surface area contributed by atoms with Crippen LogP contribution in [0.2, 0.25) is 5.02 Å². The molecule has 1 atom stereocenters. The first-order valence-electron chi connectivity index (χ1n) is 6.95. The minimum absolute atomic E-state index is 0.0113. The Bertz CT molecular complexity index is 797. The number of hydrogen-bond donors (Lipinski definition) is 2. The second kappa shape index (κ2) is 7.02. The molecule has 0 saturated carbocycles. The van der Waals surface area contributed by atoms with Gasteiger partial charge >= 0.3 is 0 Å². The fraction of sp³-hybridized carbons (Fsp3) is 0.333. The Hall–Kier alpha value is -2.04. The van der Waals surface area contributed by atoms with Crippen molar-refractivity contribution in [1.82, 2.24) is 5.32 Å². The van der Waals surface area contributed by atoms with E-state index >= 15 is 0 Å². The lowest BCUT2D eigenvalue weighted by atomic mass is 10.2. The summed E-state index contributed by atoms with van der Waals surface area (Å²) in [6.45, 7) is 1.84. The number of benzene rings is 1. The molecule has 0 spiro atoms. The van der Waals surface area contributed by atoms with Crippen molar-refractivity contribution in [2.45, 2.75) is 19.4 Å². The number of nitrogens with zero attached hydrogens (tertiary/aromatic N) is 1. The van der Waals surface area contributed by atoms with Crippen molar-refractivity contribution in [2.24, 2.45) is 0 Å². The van der Waals surface area contributed by atoms with Crippen molar-refractivity contribution in [3.05, 3.63) is 40.6 Å². The third-order valence-electron chi connectivity index (χ3n) is 3.49. The predicted octanol–water partition coefficient (Wildman–Crippen LogP) is 1.77. The lowest BCUT2D eigenvalue weighted by Gasteiger charge is -2.09. The summed E-state index contributed by atoms with van der Waals surface area (Å²) < 4.78 is 22.7. The van der Waals surface area contributed by atoms with Crippen LogP contribution in [0.25, 0.3) is 0 Å². The molecule has 1 heterocycles. The van der Waals surface area contributed by atoms with Crippen molar-refractivity contribution in [1.29, 1.82) is 5.26 Å². The normalized spacial score (nSPS) is 19.9. The molecule has 1 saturated heterocycles. The number of carbonyl (C=O) groups is 1. The van der Waals surface area contributed by atoms with Crippen LogP contribution in [0.4, 0.5) is 5.69 Å². The zero-order valence-corrected chi connectivity index (χ0v) is 14.0. The topological polar surface area (TPSA) is 99.1 Å². The van der Waals surface area contributed by atoms with Crippen LogP contribution in [-0.4, -0.2) is 31.9 Å². The highest BCUT2D eigenvalue weighted by Crippen LogP contribution is 2.20. The molecular formula is C15H16ClN3O3S. The van der Waals surface area contributed by atoms with Crippen LogP contribution < -0.4 is 10.6 Å². The first kappa shape index (κ1) is 17.3. The zero-order chi connectivity index (χ0) is 17.0. The van der Waals surface area contributed by atoms with Crippen molar-refractivity contribution in [2.75, 3.05) is 16.8 Å². The van der Waals surface area contributed by atoms with Gasteiger partial charge in [0.15, 0.2) is 9.84 Å². The van der Waals surface area contributed by atoms with Gasteiger partial charge in [-0.25, -0.2) is 8.42 Å². The summed E-state index contributed by atoms with van der Waals surface area (Å²) in [6.07, 6.45) is 1.73. The Morgan fingerprint density at radius 2 is 2.22 bits per heavy atom. The van der Waals surface area contributed by atoms with Crippen LogP contribution in [0.3, 0.4) is 0 Å². The van der Waals surface area contributed by atoms with E-state index in [0.717, 1.165) is 5.56 Å². The van der Waals surface area contributed by atoms with E-state index < -0.39 is 15.7 Å². The SMILES string of the molecule is Cc1ccc(NC(=O)/C(C#N)=C\NC2CCS(=O)(=O)C2)cc1Cl. The number of halogens is 1. The molecule has 23 heavy (non-hydrogen) atoms. The van der Waals surface area contributed by atoms with Gasteiger partial charge in [-0.2, -0.15) is 5.26 Å². The Morgan fingerprint density at radius 1 is 1.48 bits per heavy atom. The van der Waals surface area contributed by atoms with Crippen LogP contribution in [-0.2, 0) is 14.6 Å². The Morgan fingerprint density at radius 3 is 2.78 bits per heavy atom. The number of anilines is 1. The Labute approximate surface area is 140 Å². The molecule has 1 aromatic carbocycles. The molecule has 1 unspecified atom stereocenters. The van der Waals surface area contributed by atoms with Crippen molar-refractivity contribution < 1.29 is 13.2 Å². The lowest BCUT2D eigenvalue weighted by Crippen LogP contribution is -2.27. The molecule has 0 aliphatic carbocycles. The number of aryl methyl sites for hydroxylation is 1. The van der Waals surface area contributed by atoms with Gasteiger partial charge in [0, 0.05) is 23.0 Å². The second-order valence-electron chi connectivity index (χ2n) is 5.35. The molecule has 6 nitrogen and oxygen atoms in total. The van der Waals surface area contributed by atoms with Gasteiger partial charge in [-0.15, -0.1) is 0 Å². The average Bonchev–Trinajstić information content (AvgIpc) is 2.83. The van der Waals surface area contributed by atoms with E-state index in [2.05, 4.69) is 10.6 Å². The summed E-state index contributed by atoms with van der Waals surface area (Å²) in [5, 5.41) is 15.0. The van der Waals surface area contributed by atoms with E-state index in [0.29, 0.717) is 17.1 Å². The smallest absolute Gasteiger partial charge is 0.267 e. The summed E-state index contributed by atoms with van der Waals surface area (Å²) in [7, 11) is -3.02. The first-order valence-corrected chi connectivity index (χ1v) is 9.15. The van der Waals surface area contributed by atoms with E-state index in [9.17, 15) is 13.2 Å². The molecule has 1 fully saturated rings. The fourth-order valence-electron chi connectivity index (χ4n) is 2.15. The van der Waals surface area contributed by atoms with Gasteiger partial charge in [0.05, 0.1) is 11.5 Å². The highest BCUT2D eigenvalue weighted by Gasteiger charge is 2.27. The largest absolute Gasteiger partial charge is 0.386 e. The molecule has 2 rings (SSSR count). The van der Waals surface area contributed by atoms with Gasteiger partial charge in [0.2, 0.25) is 0 Å². The summed E-state index contributed by atoms with van der Waals surface area (Å²) in [5.74, 6) is -0.452. The average molecular weight is 354 g/mol. The molecule has 1 aliphatic rings. The number of sulfone groups is 1. The highest BCUT2D eigenvalue weighted by atomic mass is 35.5. The molecule has 8 heteroatoms. The Kier molecular flexibility index (Phi) is 5.29. The molecule has 1 aromatic rings. The second-order valence-corrected chi connectivity index (χ2v) is 7.99. The van der Waals surface area contributed by atoms with Crippen LogP contribution in [0.15, 0.2) is 30.0 Å². The molecular weight excluding hydrogens is 338 g/mol. The lowest BCUT2D eigenvalue weighted by molar-refractivity contribution is -0.112. The van der Waals surface area contributed by atoms with Crippen molar-refractivity contribution >= 4 is 33.0 Å². The van der Waals surface area contributed by atoms with Crippen LogP contribution >= 0.6 is 11.6 Å². The molecule has 122 valence electrons. The molecule has 1 aliphatic heterocycles. The maximum atomic E-state index is 12.1.